The van der Waals surface area contributed by atoms with Crippen molar-refractivity contribution in [3.05, 3.63) is 34.2 Å². The quantitative estimate of drug-likeness (QED) is 0.212. The number of nitrogens with one attached hydrogen (secondary N) is 2. The van der Waals surface area contributed by atoms with E-state index in [0.29, 0.717) is 68.6 Å². The minimum atomic E-state index is -0.778. The molecule has 39 heavy (non-hydrogen) atoms. The highest BCUT2D eigenvalue weighted by Gasteiger charge is 2.25. The molecule has 1 aromatic heterocycles. The van der Waals surface area contributed by atoms with Gasteiger partial charge < -0.3 is 19.5 Å². The Labute approximate surface area is 229 Å². The molecule has 2 aromatic rings. The number of carbonyl (C=O) groups excluding carboxylic acids is 3. The second-order valence-electron chi connectivity index (χ2n) is 9.95. The van der Waals surface area contributed by atoms with E-state index in [1.807, 2.05) is 27.7 Å². The van der Waals surface area contributed by atoms with E-state index >= 15 is 0 Å². The second kappa shape index (κ2) is 15.7. The normalized spacial score (nSPS) is 11.9. The van der Waals surface area contributed by atoms with Crippen LogP contribution in [0.1, 0.15) is 65.0 Å². The van der Waals surface area contributed by atoms with Crippen molar-refractivity contribution in [1.29, 1.82) is 0 Å². The third kappa shape index (κ3) is 10.2. The molecule has 0 fully saturated rings. The Morgan fingerprint density at radius 2 is 1.82 bits per heavy atom. The summed E-state index contributed by atoms with van der Waals surface area (Å²) in [4.78, 5) is 47.7. The first kappa shape index (κ1) is 31.6. The van der Waals surface area contributed by atoms with Crippen LogP contribution >= 0.6 is 0 Å². The van der Waals surface area contributed by atoms with Crippen molar-refractivity contribution in [2.75, 3.05) is 33.0 Å². The van der Waals surface area contributed by atoms with E-state index in [0.717, 1.165) is 6.42 Å². The van der Waals surface area contributed by atoms with Gasteiger partial charge in [-0.15, -0.1) is 0 Å². The summed E-state index contributed by atoms with van der Waals surface area (Å²) in [5.74, 6) is 5.49. The van der Waals surface area contributed by atoms with Crippen molar-refractivity contribution in [3.8, 4) is 11.8 Å². The fourth-order valence-electron chi connectivity index (χ4n) is 3.85. The summed E-state index contributed by atoms with van der Waals surface area (Å²) in [5.41, 5.74) is 1.12. The van der Waals surface area contributed by atoms with E-state index in [9.17, 15) is 19.2 Å². The molecular formula is C28H40N4O7. The summed E-state index contributed by atoms with van der Waals surface area (Å²) in [6, 6.07) is 4.57. The van der Waals surface area contributed by atoms with Crippen LogP contribution in [0.5, 0.6) is 0 Å². The molecule has 1 unspecified atom stereocenters. The largest absolute Gasteiger partial charge is 0.444 e. The summed E-state index contributed by atoms with van der Waals surface area (Å²) < 4.78 is 19.1. The Hall–Kier alpha value is -3.62. The number of amides is 3. The number of imidazole rings is 1. The minimum absolute atomic E-state index is 0.252. The van der Waals surface area contributed by atoms with Crippen LogP contribution in [0.4, 0.5) is 4.79 Å². The molecular weight excluding hydrogens is 504 g/mol. The third-order valence-electron chi connectivity index (χ3n) is 5.58. The number of benzene rings is 1. The topological polar surface area (TPSA) is 130 Å². The van der Waals surface area contributed by atoms with Gasteiger partial charge in [-0.2, -0.15) is 0 Å². The molecule has 11 heteroatoms. The smallest absolute Gasteiger partial charge is 0.407 e. The number of nitrogens with zero attached hydrogens (tertiary/aromatic N) is 2. The monoisotopic (exact) mass is 544 g/mol. The predicted octanol–water partition coefficient (Wildman–Crippen LogP) is 2.64. The van der Waals surface area contributed by atoms with Crippen LogP contribution in [0, 0.1) is 11.8 Å². The van der Waals surface area contributed by atoms with Crippen LogP contribution < -0.4 is 16.3 Å². The Balaban J connectivity index is 1.78. The van der Waals surface area contributed by atoms with Gasteiger partial charge in [0.05, 0.1) is 17.6 Å². The van der Waals surface area contributed by atoms with E-state index < -0.39 is 23.6 Å². The average Bonchev–Trinajstić information content (AvgIpc) is 3.11. The van der Waals surface area contributed by atoms with Gasteiger partial charge in [-0.25, -0.2) is 9.59 Å². The second-order valence-corrected chi connectivity index (χ2v) is 9.95. The molecule has 1 atom stereocenters. The Kier molecular flexibility index (Phi) is 12.7. The molecule has 0 spiro atoms. The van der Waals surface area contributed by atoms with Crippen LogP contribution in [-0.4, -0.2) is 66.1 Å². The van der Waals surface area contributed by atoms with Crippen LogP contribution in [-0.2, 0) is 30.8 Å². The zero-order valence-electron chi connectivity index (χ0n) is 23.5. The Morgan fingerprint density at radius 1 is 1.10 bits per heavy atom. The fourth-order valence-corrected chi connectivity index (χ4v) is 3.85. The van der Waals surface area contributed by atoms with Crippen molar-refractivity contribution < 1.29 is 28.6 Å². The van der Waals surface area contributed by atoms with E-state index in [1.54, 1.807) is 25.2 Å². The summed E-state index contributed by atoms with van der Waals surface area (Å²) in [7, 11) is 1.64. The highest BCUT2D eigenvalue weighted by atomic mass is 16.6. The molecule has 0 aliphatic carbocycles. The molecule has 0 aliphatic rings. The molecule has 1 aromatic carbocycles. The zero-order chi connectivity index (χ0) is 28.8. The lowest BCUT2D eigenvalue weighted by Crippen LogP contribution is -2.36. The molecule has 0 saturated heterocycles. The van der Waals surface area contributed by atoms with E-state index in [4.69, 9.17) is 14.2 Å². The van der Waals surface area contributed by atoms with Gasteiger partial charge in [0.2, 0.25) is 12.3 Å². The number of fused-ring (bicyclic) bond motifs is 1. The SMILES string of the molecule is CCCC(C(=O)NC=O)n1c(=O)n(C)c2cc(C#CCOCCCOCCCNC(=O)OC(C)(C)C)ccc21. The summed E-state index contributed by atoms with van der Waals surface area (Å²) in [6.07, 6.45) is 2.41. The van der Waals surface area contributed by atoms with Crippen molar-refractivity contribution in [2.24, 2.45) is 7.05 Å². The van der Waals surface area contributed by atoms with E-state index in [-0.39, 0.29) is 12.3 Å². The van der Waals surface area contributed by atoms with Gasteiger partial charge in [-0.05, 0) is 58.2 Å². The van der Waals surface area contributed by atoms with Crippen molar-refractivity contribution in [1.82, 2.24) is 19.8 Å². The maximum Gasteiger partial charge on any atom is 0.407 e. The van der Waals surface area contributed by atoms with Gasteiger partial charge >= 0.3 is 11.8 Å². The zero-order valence-corrected chi connectivity index (χ0v) is 23.5. The van der Waals surface area contributed by atoms with Gasteiger partial charge in [-0.3, -0.25) is 24.0 Å². The number of hydrogen-bond donors (Lipinski definition) is 2. The van der Waals surface area contributed by atoms with Crippen molar-refractivity contribution in [3.63, 3.8) is 0 Å². The molecule has 214 valence electrons. The van der Waals surface area contributed by atoms with Gasteiger partial charge in [-0.1, -0.05) is 25.2 Å². The molecule has 2 rings (SSSR count). The number of alkyl carbamates (subject to hydrolysis) is 1. The fraction of sp³-hybridized carbons (Fsp3) is 0.571. The first-order valence-electron chi connectivity index (χ1n) is 13.1. The Morgan fingerprint density at radius 3 is 2.51 bits per heavy atom. The van der Waals surface area contributed by atoms with Crippen LogP contribution in [0.2, 0.25) is 0 Å². The molecule has 0 bridgehead atoms. The first-order chi connectivity index (χ1) is 18.6. The molecule has 0 aliphatic heterocycles. The highest BCUT2D eigenvalue weighted by Crippen LogP contribution is 2.21. The average molecular weight is 545 g/mol. The lowest BCUT2D eigenvalue weighted by Gasteiger charge is -2.19. The molecule has 2 N–H and O–H groups in total. The lowest BCUT2D eigenvalue weighted by atomic mass is 10.1. The molecule has 11 nitrogen and oxygen atoms in total. The third-order valence-corrected chi connectivity index (χ3v) is 5.58. The number of rotatable bonds is 14. The Bertz CT molecular complexity index is 1230. The first-order valence-corrected chi connectivity index (χ1v) is 13.1. The molecule has 1 heterocycles. The van der Waals surface area contributed by atoms with Gasteiger partial charge in [0, 0.05) is 32.4 Å². The number of imide groups is 1. The van der Waals surface area contributed by atoms with Gasteiger partial charge in [0.25, 0.3) is 0 Å². The summed E-state index contributed by atoms with van der Waals surface area (Å²) in [5, 5.41) is 4.85. The summed E-state index contributed by atoms with van der Waals surface area (Å²) >= 11 is 0. The van der Waals surface area contributed by atoms with Gasteiger partial charge in [0.15, 0.2) is 0 Å². The van der Waals surface area contributed by atoms with Crippen molar-refractivity contribution in [2.45, 2.75) is 65.0 Å². The van der Waals surface area contributed by atoms with Gasteiger partial charge in [0.1, 0.15) is 18.2 Å². The lowest BCUT2D eigenvalue weighted by molar-refractivity contribution is -0.128. The molecule has 0 radical (unpaired) electrons. The maximum absolute atomic E-state index is 12.9. The van der Waals surface area contributed by atoms with Crippen LogP contribution in [0.25, 0.3) is 11.0 Å². The highest BCUT2D eigenvalue weighted by molar-refractivity contribution is 5.90. The number of hydrogen-bond acceptors (Lipinski definition) is 7. The van der Waals surface area contributed by atoms with Crippen molar-refractivity contribution >= 4 is 29.4 Å². The number of aryl methyl sites for hydroxylation is 1. The van der Waals surface area contributed by atoms with Crippen LogP contribution in [0.3, 0.4) is 0 Å². The van der Waals surface area contributed by atoms with E-state index in [2.05, 4.69) is 22.5 Å². The summed E-state index contributed by atoms with van der Waals surface area (Å²) in [6.45, 7) is 9.68. The van der Waals surface area contributed by atoms with Crippen LogP contribution in [0.15, 0.2) is 23.0 Å². The standard InChI is InChI=1S/C28H40N4O7/c1-6-10-23(25(34)30-20-33)32-22-13-12-21(19-24(22)31(5)27(32)36)11-7-15-37-17-9-18-38-16-8-14-29-26(35)39-28(2,3)4/h12-13,19-20,23H,6,8-10,14-18H2,1-5H3,(H,29,35)(H,30,33,34). The molecule has 0 saturated carbocycles. The van der Waals surface area contributed by atoms with E-state index in [1.165, 1.54) is 9.13 Å². The minimum Gasteiger partial charge on any atom is -0.444 e. The number of aromatic nitrogens is 2. The maximum atomic E-state index is 12.9. The number of carbonyl (C=O) groups is 3. The number of ether oxygens (including phenoxy) is 3. The predicted molar refractivity (Wildman–Crippen MR) is 147 cm³/mol. The molecule has 3 amide bonds.